The molecule has 1 aliphatic heterocycles. The quantitative estimate of drug-likeness (QED) is 0.349. The van der Waals surface area contributed by atoms with Crippen LogP contribution in [0, 0.1) is 0 Å². The Balaban J connectivity index is 1.35. The molecule has 1 amide bonds. The average molecular weight is 487 g/mol. The van der Waals surface area contributed by atoms with Gasteiger partial charge in [-0.15, -0.1) is 16.8 Å². The van der Waals surface area contributed by atoms with Gasteiger partial charge in [-0.25, -0.2) is 0 Å². The predicted octanol–water partition coefficient (Wildman–Crippen LogP) is 4.59. The topological polar surface area (TPSA) is 87.5 Å². The highest BCUT2D eigenvalue weighted by atomic mass is 35.5. The molecule has 3 aromatic rings. The van der Waals surface area contributed by atoms with Crippen LogP contribution in [-0.4, -0.2) is 39.6 Å². The maximum atomic E-state index is 12.5. The van der Waals surface area contributed by atoms with Crippen LogP contribution in [0.3, 0.4) is 0 Å². The second-order valence-corrected chi connectivity index (χ2v) is 8.47. The van der Waals surface area contributed by atoms with Crippen molar-refractivity contribution in [3.05, 3.63) is 66.0 Å². The van der Waals surface area contributed by atoms with Crippen LogP contribution in [-0.2, 0) is 17.9 Å². The van der Waals surface area contributed by atoms with Crippen LogP contribution in [0.4, 0.5) is 5.69 Å². The third kappa shape index (κ3) is 6.21. The molecule has 0 spiro atoms. The Labute approximate surface area is 200 Å². The smallest absolute Gasteiger partial charge is 0.234 e. The van der Waals surface area contributed by atoms with Gasteiger partial charge in [-0.1, -0.05) is 29.4 Å². The molecule has 0 radical (unpaired) electrons. The molecular formula is C23H23ClN4O4S. The van der Waals surface area contributed by atoms with E-state index in [1.165, 1.54) is 11.8 Å². The molecule has 0 atom stereocenters. The number of carbonyl (C=O) groups is 1. The fraction of sp³-hybridized carbons (Fsp3) is 0.261. The molecule has 0 aliphatic carbocycles. The zero-order valence-electron chi connectivity index (χ0n) is 17.8. The lowest BCUT2D eigenvalue weighted by atomic mass is 10.2. The van der Waals surface area contributed by atoms with Crippen molar-refractivity contribution in [3.63, 3.8) is 0 Å². The van der Waals surface area contributed by atoms with Gasteiger partial charge in [0.2, 0.25) is 5.91 Å². The molecule has 0 unspecified atom stereocenters. The zero-order chi connectivity index (χ0) is 23.0. The van der Waals surface area contributed by atoms with E-state index in [1.807, 2.05) is 4.57 Å². The highest BCUT2D eigenvalue weighted by Gasteiger charge is 2.16. The van der Waals surface area contributed by atoms with Gasteiger partial charge in [0.15, 0.2) is 22.5 Å². The largest absolute Gasteiger partial charge is 0.490 e. The average Bonchev–Trinajstić information content (AvgIpc) is 3.04. The van der Waals surface area contributed by atoms with Crippen LogP contribution in [0.1, 0.15) is 12.2 Å². The Hall–Kier alpha value is -3.17. The molecule has 0 bridgehead atoms. The van der Waals surface area contributed by atoms with Gasteiger partial charge >= 0.3 is 0 Å². The van der Waals surface area contributed by atoms with Crippen LogP contribution >= 0.6 is 23.4 Å². The van der Waals surface area contributed by atoms with Gasteiger partial charge in [0.05, 0.1) is 19.0 Å². The van der Waals surface area contributed by atoms with Crippen molar-refractivity contribution in [1.29, 1.82) is 0 Å². The summed E-state index contributed by atoms with van der Waals surface area (Å²) >= 11 is 7.20. The van der Waals surface area contributed by atoms with E-state index in [1.54, 1.807) is 48.5 Å². The first-order valence-corrected chi connectivity index (χ1v) is 11.7. The summed E-state index contributed by atoms with van der Waals surface area (Å²) in [5.41, 5.74) is 0.648. The van der Waals surface area contributed by atoms with Gasteiger partial charge in [-0.3, -0.25) is 9.36 Å². The summed E-state index contributed by atoms with van der Waals surface area (Å²) in [5, 5.41) is 12.6. The van der Waals surface area contributed by atoms with Crippen molar-refractivity contribution in [2.75, 3.05) is 24.3 Å². The Morgan fingerprint density at radius 2 is 1.97 bits per heavy atom. The molecule has 0 saturated carbocycles. The number of nitrogens with one attached hydrogen (secondary N) is 1. The summed E-state index contributed by atoms with van der Waals surface area (Å²) in [4.78, 5) is 12.5. The molecule has 33 heavy (non-hydrogen) atoms. The second kappa shape index (κ2) is 11.1. The fourth-order valence-corrected chi connectivity index (χ4v) is 3.98. The SMILES string of the molecule is C=CCn1c(COc2ccc(Cl)cc2)nnc1SCC(=O)Nc1ccc2c(c1)OCCCO2. The van der Waals surface area contributed by atoms with Gasteiger partial charge < -0.3 is 19.5 Å². The molecule has 0 saturated heterocycles. The van der Waals surface area contributed by atoms with Crippen LogP contribution in [0.2, 0.25) is 5.02 Å². The number of halogens is 1. The Morgan fingerprint density at radius 1 is 1.18 bits per heavy atom. The Kier molecular flexibility index (Phi) is 7.74. The highest BCUT2D eigenvalue weighted by Crippen LogP contribution is 2.32. The standard InChI is InChI=1S/C23H23ClN4O4S/c1-2-10-28-21(14-32-18-7-4-16(24)5-8-18)26-27-23(28)33-15-22(29)25-17-6-9-19-20(13-17)31-12-3-11-30-19/h2,4-9,13H,1,3,10-12,14-15H2,(H,25,29). The molecule has 4 rings (SSSR count). The van der Waals surface area contributed by atoms with Crippen molar-refractivity contribution in [3.8, 4) is 17.2 Å². The van der Waals surface area contributed by atoms with E-state index in [4.69, 9.17) is 25.8 Å². The summed E-state index contributed by atoms with van der Waals surface area (Å²) in [6.45, 7) is 5.73. The van der Waals surface area contributed by atoms with E-state index >= 15 is 0 Å². The first kappa shape index (κ1) is 23.0. The lowest BCUT2D eigenvalue weighted by Gasteiger charge is -2.11. The lowest BCUT2D eigenvalue weighted by molar-refractivity contribution is -0.113. The number of rotatable bonds is 9. The third-order valence-electron chi connectivity index (χ3n) is 4.65. The lowest BCUT2D eigenvalue weighted by Crippen LogP contribution is -2.15. The van der Waals surface area contributed by atoms with E-state index in [-0.39, 0.29) is 18.3 Å². The van der Waals surface area contributed by atoms with Gasteiger partial charge in [0, 0.05) is 29.7 Å². The van der Waals surface area contributed by atoms with Gasteiger partial charge in [0.1, 0.15) is 12.4 Å². The third-order valence-corrected chi connectivity index (χ3v) is 5.87. The van der Waals surface area contributed by atoms with E-state index < -0.39 is 0 Å². The van der Waals surface area contributed by atoms with Gasteiger partial charge in [-0.2, -0.15) is 0 Å². The zero-order valence-corrected chi connectivity index (χ0v) is 19.4. The van der Waals surface area contributed by atoms with Crippen molar-refractivity contribution < 1.29 is 19.0 Å². The summed E-state index contributed by atoms with van der Waals surface area (Å²) in [6, 6.07) is 12.5. The van der Waals surface area contributed by atoms with Crippen molar-refractivity contribution >= 4 is 35.0 Å². The number of anilines is 1. The molecule has 1 aliphatic rings. The number of nitrogens with zero attached hydrogens (tertiary/aromatic N) is 3. The number of allylic oxidation sites excluding steroid dienone is 1. The van der Waals surface area contributed by atoms with E-state index in [0.29, 0.717) is 58.7 Å². The predicted molar refractivity (Wildman–Crippen MR) is 127 cm³/mol. The summed E-state index contributed by atoms with van der Waals surface area (Å²) in [7, 11) is 0. The molecule has 10 heteroatoms. The molecule has 1 aromatic heterocycles. The van der Waals surface area contributed by atoms with E-state index in [2.05, 4.69) is 22.1 Å². The minimum absolute atomic E-state index is 0.165. The van der Waals surface area contributed by atoms with Crippen LogP contribution in [0.25, 0.3) is 0 Å². The molecule has 2 aromatic carbocycles. The molecule has 172 valence electrons. The molecule has 2 heterocycles. The molecule has 8 nitrogen and oxygen atoms in total. The number of thioether (sulfide) groups is 1. The first-order chi connectivity index (χ1) is 16.1. The van der Waals surface area contributed by atoms with Crippen LogP contribution in [0.5, 0.6) is 17.2 Å². The number of amides is 1. The fourth-order valence-electron chi connectivity index (χ4n) is 3.09. The number of hydrogen-bond acceptors (Lipinski definition) is 7. The minimum Gasteiger partial charge on any atom is -0.490 e. The van der Waals surface area contributed by atoms with E-state index in [0.717, 1.165) is 6.42 Å². The second-order valence-electron chi connectivity index (χ2n) is 7.09. The maximum absolute atomic E-state index is 12.5. The summed E-state index contributed by atoms with van der Waals surface area (Å²) in [6.07, 6.45) is 2.57. The Morgan fingerprint density at radius 3 is 2.76 bits per heavy atom. The molecule has 0 fully saturated rings. The normalized spacial score (nSPS) is 12.6. The molecule has 1 N–H and O–H groups in total. The van der Waals surface area contributed by atoms with Crippen molar-refractivity contribution in [2.24, 2.45) is 0 Å². The van der Waals surface area contributed by atoms with E-state index in [9.17, 15) is 4.79 Å². The summed E-state index contributed by atoms with van der Waals surface area (Å²) in [5.74, 6) is 2.63. The number of benzene rings is 2. The number of carbonyl (C=O) groups excluding carboxylic acids is 1. The first-order valence-electron chi connectivity index (χ1n) is 10.4. The monoisotopic (exact) mass is 486 g/mol. The Bertz CT molecular complexity index is 1120. The maximum Gasteiger partial charge on any atom is 0.234 e. The van der Waals surface area contributed by atoms with Crippen LogP contribution < -0.4 is 19.5 Å². The number of fused-ring (bicyclic) bond motifs is 1. The highest BCUT2D eigenvalue weighted by molar-refractivity contribution is 7.99. The minimum atomic E-state index is -0.165. The number of ether oxygens (including phenoxy) is 3. The molecular weight excluding hydrogens is 464 g/mol. The number of aromatic nitrogens is 3. The summed E-state index contributed by atoms with van der Waals surface area (Å²) < 4.78 is 18.9. The number of hydrogen-bond donors (Lipinski definition) is 1. The van der Waals surface area contributed by atoms with Crippen molar-refractivity contribution in [2.45, 2.75) is 24.7 Å². The van der Waals surface area contributed by atoms with Crippen LogP contribution in [0.15, 0.2) is 60.3 Å². The van der Waals surface area contributed by atoms with Crippen molar-refractivity contribution in [1.82, 2.24) is 14.8 Å². The van der Waals surface area contributed by atoms with Gasteiger partial charge in [-0.05, 0) is 36.4 Å². The van der Waals surface area contributed by atoms with Gasteiger partial charge in [0.25, 0.3) is 0 Å².